The summed E-state index contributed by atoms with van der Waals surface area (Å²) in [5.41, 5.74) is 5.89. The monoisotopic (exact) mass is 642 g/mol. The highest BCUT2D eigenvalue weighted by Crippen LogP contribution is 2.27. The molecule has 254 valence electrons. The third kappa shape index (κ3) is 8.00. The van der Waals surface area contributed by atoms with E-state index in [0.717, 1.165) is 88.2 Å². The van der Waals surface area contributed by atoms with Crippen LogP contribution in [0.5, 0.6) is 0 Å². The molecule has 3 fully saturated rings. The second kappa shape index (κ2) is 15.6. The largest absolute Gasteiger partial charge is 0.343 e. The first-order chi connectivity index (χ1) is 22.9. The molecule has 0 bridgehead atoms. The lowest BCUT2D eigenvalue weighted by atomic mass is 9.90. The Hall–Kier alpha value is -3.43. The molecular formula is C38H54N6O3. The zero-order chi connectivity index (χ0) is 32.8. The second-order valence-corrected chi connectivity index (χ2v) is 13.9. The number of carbonyl (C=O) groups excluding carboxylic acids is 3. The van der Waals surface area contributed by atoms with Crippen LogP contribution in [0.15, 0.2) is 42.5 Å². The normalized spacial score (nSPS) is 20.8. The fraction of sp³-hybridized carbons (Fsp3) is 0.605. The van der Waals surface area contributed by atoms with Gasteiger partial charge in [0.2, 0.25) is 11.8 Å². The first kappa shape index (κ1) is 33.5. The highest BCUT2D eigenvalue weighted by molar-refractivity contribution is 5.91. The molecule has 0 spiro atoms. The maximum Gasteiger partial charge on any atom is 0.322 e. The maximum absolute atomic E-state index is 14.2. The molecule has 0 saturated carbocycles. The predicted octanol–water partition coefficient (Wildman–Crippen LogP) is 4.34. The van der Waals surface area contributed by atoms with Gasteiger partial charge in [0.25, 0.3) is 0 Å². The van der Waals surface area contributed by atoms with E-state index in [9.17, 15) is 14.4 Å². The summed E-state index contributed by atoms with van der Waals surface area (Å²) in [5, 5.41) is 6.55. The fourth-order valence-electron chi connectivity index (χ4n) is 8.25. The average Bonchev–Trinajstić information content (AvgIpc) is 3.29. The molecular weight excluding hydrogens is 588 g/mol. The quantitative estimate of drug-likeness (QED) is 0.425. The van der Waals surface area contributed by atoms with Gasteiger partial charge < -0.3 is 25.3 Å². The number of anilines is 1. The minimum absolute atomic E-state index is 0.0498. The number of benzene rings is 2. The first-order valence-electron chi connectivity index (χ1n) is 18.2. The van der Waals surface area contributed by atoms with Gasteiger partial charge in [0, 0.05) is 70.0 Å². The van der Waals surface area contributed by atoms with Crippen molar-refractivity contribution >= 4 is 23.5 Å². The summed E-state index contributed by atoms with van der Waals surface area (Å²) >= 11 is 0. The standard InChI is InChI=1S/C38H54N6O3/c1-3-29-10-9-28(25-30(29)4-2)26-32(37(46)43-23-21-41(22-24-43)33-11-16-39-17-12-33)27-36(45)42-18-14-34(15-19-42)44-20-13-31-7-5-6-8-35(31)40-38(44)47/h5-10,25,32-34,39H,3-4,11-24,26-27H2,1-2H3,(H,40,47). The van der Waals surface area contributed by atoms with E-state index in [0.29, 0.717) is 32.1 Å². The number of piperazine rings is 1. The van der Waals surface area contributed by atoms with E-state index >= 15 is 0 Å². The van der Waals surface area contributed by atoms with Gasteiger partial charge in [-0.25, -0.2) is 4.79 Å². The molecule has 4 heterocycles. The summed E-state index contributed by atoms with van der Waals surface area (Å²) in [4.78, 5) is 49.7. The molecule has 4 aliphatic rings. The molecule has 9 heteroatoms. The summed E-state index contributed by atoms with van der Waals surface area (Å²) in [6.45, 7) is 11.7. The van der Waals surface area contributed by atoms with E-state index in [1.807, 2.05) is 32.9 Å². The number of aryl methyl sites for hydroxylation is 2. The lowest BCUT2D eigenvalue weighted by Crippen LogP contribution is -2.55. The van der Waals surface area contributed by atoms with Crippen LogP contribution in [0.4, 0.5) is 10.5 Å². The van der Waals surface area contributed by atoms with Gasteiger partial charge in [0.05, 0.1) is 5.92 Å². The van der Waals surface area contributed by atoms with Gasteiger partial charge in [0.1, 0.15) is 0 Å². The smallest absolute Gasteiger partial charge is 0.322 e. The van der Waals surface area contributed by atoms with Crippen LogP contribution < -0.4 is 10.6 Å². The van der Waals surface area contributed by atoms with Crippen molar-refractivity contribution in [2.75, 3.05) is 64.2 Å². The first-order valence-corrected chi connectivity index (χ1v) is 18.2. The summed E-state index contributed by atoms with van der Waals surface area (Å²) in [5.74, 6) is -0.196. The fourth-order valence-corrected chi connectivity index (χ4v) is 8.25. The Morgan fingerprint density at radius 3 is 2.26 bits per heavy atom. The molecule has 0 radical (unpaired) electrons. The Morgan fingerprint density at radius 2 is 1.53 bits per heavy atom. The van der Waals surface area contributed by atoms with Crippen LogP contribution in [0.3, 0.4) is 0 Å². The Bertz CT molecular complexity index is 1390. The summed E-state index contributed by atoms with van der Waals surface area (Å²) in [7, 11) is 0. The number of fused-ring (bicyclic) bond motifs is 1. The van der Waals surface area contributed by atoms with Crippen molar-refractivity contribution < 1.29 is 14.4 Å². The molecule has 9 nitrogen and oxygen atoms in total. The molecule has 47 heavy (non-hydrogen) atoms. The molecule has 1 unspecified atom stereocenters. The number of rotatable bonds is 9. The highest BCUT2D eigenvalue weighted by Gasteiger charge is 2.35. The van der Waals surface area contributed by atoms with Crippen LogP contribution in [0, 0.1) is 5.92 Å². The van der Waals surface area contributed by atoms with E-state index < -0.39 is 0 Å². The van der Waals surface area contributed by atoms with E-state index in [2.05, 4.69) is 53.6 Å². The van der Waals surface area contributed by atoms with Crippen molar-refractivity contribution in [2.24, 2.45) is 5.92 Å². The Morgan fingerprint density at radius 1 is 0.809 bits per heavy atom. The van der Waals surface area contributed by atoms with Crippen molar-refractivity contribution in [3.8, 4) is 0 Å². The van der Waals surface area contributed by atoms with Gasteiger partial charge >= 0.3 is 6.03 Å². The van der Waals surface area contributed by atoms with Crippen LogP contribution in [-0.2, 0) is 35.3 Å². The van der Waals surface area contributed by atoms with Crippen molar-refractivity contribution in [3.05, 3.63) is 64.7 Å². The van der Waals surface area contributed by atoms with Crippen molar-refractivity contribution in [1.29, 1.82) is 0 Å². The van der Waals surface area contributed by atoms with Gasteiger partial charge in [-0.15, -0.1) is 0 Å². The van der Waals surface area contributed by atoms with E-state index in [-0.39, 0.29) is 36.2 Å². The van der Waals surface area contributed by atoms with Gasteiger partial charge in [-0.05, 0) is 92.8 Å². The summed E-state index contributed by atoms with van der Waals surface area (Å²) < 4.78 is 0. The Kier molecular flexibility index (Phi) is 11.1. The summed E-state index contributed by atoms with van der Waals surface area (Å²) in [6, 6.07) is 15.3. The minimum atomic E-state index is -0.377. The van der Waals surface area contributed by atoms with Crippen LogP contribution in [0.25, 0.3) is 0 Å². The number of para-hydroxylation sites is 1. The number of carbonyl (C=O) groups is 3. The number of piperidine rings is 2. The SMILES string of the molecule is CCc1ccc(CC(CC(=O)N2CCC(N3CCc4ccccc4NC3=O)CC2)C(=O)N2CCN(C3CCNCC3)CC2)cc1CC. The van der Waals surface area contributed by atoms with Crippen molar-refractivity contribution in [3.63, 3.8) is 0 Å². The molecule has 1 atom stereocenters. The van der Waals surface area contributed by atoms with Crippen molar-refractivity contribution in [1.82, 2.24) is 24.9 Å². The average molecular weight is 643 g/mol. The molecule has 6 rings (SSSR count). The van der Waals surface area contributed by atoms with E-state index in [1.54, 1.807) is 0 Å². The molecule has 4 aliphatic heterocycles. The van der Waals surface area contributed by atoms with Gasteiger partial charge in [-0.3, -0.25) is 14.5 Å². The lowest BCUT2D eigenvalue weighted by molar-refractivity contribution is -0.143. The molecule has 0 aliphatic carbocycles. The summed E-state index contributed by atoms with van der Waals surface area (Å²) in [6.07, 6.45) is 7.45. The van der Waals surface area contributed by atoms with Crippen LogP contribution in [0.2, 0.25) is 0 Å². The third-order valence-corrected chi connectivity index (χ3v) is 11.1. The number of hydrogen-bond donors (Lipinski definition) is 2. The number of nitrogens with zero attached hydrogens (tertiary/aromatic N) is 4. The zero-order valence-electron chi connectivity index (χ0n) is 28.5. The topological polar surface area (TPSA) is 88.2 Å². The highest BCUT2D eigenvalue weighted by atomic mass is 16.2. The van der Waals surface area contributed by atoms with Crippen molar-refractivity contribution in [2.45, 2.75) is 83.7 Å². The Balaban J connectivity index is 1.09. The third-order valence-electron chi connectivity index (χ3n) is 11.1. The maximum atomic E-state index is 14.2. The Labute approximate surface area is 281 Å². The molecule has 2 aromatic carbocycles. The predicted molar refractivity (Wildman–Crippen MR) is 187 cm³/mol. The number of likely N-dealkylation sites (tertiary alicyclic amines) is 1. The van der Waals surface area contributed by atoms with Gasteiger partial charge in [-0.2, -0.15) is 0 Å². The van der Waals surface area contributed by atoms with Gasteiger partial charge in [0.15, 0.2) is 0 Å². The molecule has 2 N–H and O–H groups in total. The number of hydrogen-bond acceptors (Lipinski definition) is 5. The molecule has 0 aromatic heterocycles. The van der Waals surface area contributed by atoms with Crippen LogP contribution in [-0.4, -0.2) is 108 Å². The lowest BCUT2D eigenvalue weighted by Gasteiger charge is -2.42. The molecule has 3 saturated heterocycles. The van der Waals surface area contributed by atoms with E-state index in [4.69, 9.17) is 0 Å². The van der Waals surface area contributed by atoms with E-state index in [1.165, 1.54) is 24.0 Å². The van der Waals surface area contributed by atoms with Crippen LogP contribution in [0.1, 0.15) is 68.2 Å². The number of urea groups is 1. The van der Waals surface area contributed by atoms with Crippen LogP contribution >= 0.6 is 0 Å². The van der Waals surface area contributed by atoms with Gasteiger partial charge in [-0.1, -0.05) is 50.2 Å². The number of amides is 4. The number of nitrogens with one attached hydrogen (secondary N) is 2. The zero-order valence-corrected chi connectivity index (χ0v) is 28.5. The second-order valence-electron chi connectivity index (χ2n) is 13.9. The molecule has 4 amide bonds. The minimum Gasteiger partial charge on any atom is -0.343 e. The molecule has 2 aromatic rings.